The van der Waals surface area contributed by atoms with Crippen LogP contribution in [0.15, 0.2) is 24.3 Å². The van der Waals surface area contributed by atoms with Crippen molar-refractivity contribution in [2.75, 3.05) is 32.7 Å². The van der Waals surface area contributed by atoms with Crippen LogP contribution < -0.4 is 21.1 Å². The summed E-state index contributed by atoms with van der Waals surface area (Å²) in [6.07, 6.45) is 4.76. The molecule has 0 aromatic heterocycles. The van der Waals surface area contributed by atoms with Crippen LogP contribution in [0.4, 0.5) is 0 Å². The van der Waals surface area contributed by atoms with Crippen molar-refractivity contribution in [1.82, 2.24) is 10.6 Å². The fourth-order valence-corrected chi connectivity index (χ4v) is 2.48. The van der Waals surface area contributed by atoms with Crippen molar-refractivity contribution in [1.29, 1.82) is 0 Å². The lowest BCUT2D eigenvalue weighted by atomic mass is 10.0. The number of para-hydroxylation sites is 1. The standard InChI is InChI=1S/C16H27N3O/c17-9-3-10-18-11-4-12-19-13-15-8-7-14-5-1-2-6-16(14)20-15/h1-2,5-6,15,18-19H,3-4,7-13,17H2. The first kappa shape index (κ1) is 15.3. The van der Waals surface area contributed by atoms with Gasteiger partial charge >= 0.3 is 0 Å². The van der Waals surface area contributed by atoms with Gasteiger partial charge in [0.05, 0.1) is 0 Å². The van der Waals surface area contributed by atoms with Gasteiger partial charge in [-0.25, -0.2) is 0 Å². The second-order valence-corrected chi connectivity index (χ2v) is 5.34. The van der Waals surface area contributed by atoms with Crippen molar-refractivity contribution >= 4 is 0 Å². The number of fused-ring (bicyclic) bond motifs is 1. The van der Waals surface area contributed by atoms with Gasteiger partial charge in [0.2, 0.25) is 0 Å². The summed E-state index contributed by atoms with van der Waals surface area (Å²) in [7, 11) is 0. The first-order valence-corrected chi connectivity index (χ1v) is 7.76. The largest absolute Gasteiger partial charge is 0.489 e. The Balaban J connectivity index is 1.53. The maximum absolute atomic E-state index is 6.00. The molecule has 0 saturated heterocycles. The van der Waals surface area contributed by atoms with E-state index in [-0.39, 0.29) is 0 Å². The van der Waals surface area contributed by atoms with E-state index in [0.29, 0.717) is 6.10 Å². The lowest BCUT2D eigenvalue weighted by Gasteiger charge is -2.26. The molecule has 0 amide bonds. The Kier molecular flexibility index (Phi) is 6.84. The molecule has 4 nitrogen and oxygen atoms in total. The van der Waals surface area contributed by atoms with E-state index < -0.39 is 0 Å². The number of nitrogens with one attached hydrogen (secondary N) is 2. The molecule has 0 radical (unpaired) electrons. The number of aryl methyl sites for hydroxylation is 1. The molecule has 0 fully saturated rings. The quantitative estimate of drug-likeness (QED) is 0.596. The maximum Gasteiger partial charge on any atom is 0.122 e. The van der Waals surface area contributed by atoms with Gasteiger partial charge in [0.1, 0.15) is 11.9 Å². The van der Waals surface area contributed by atoms with E-state index in [1.807, 2.05) is 6.07 Å². The summed E-state index contributed by atoms with van der Waals surface area (Å²) in [5.41, 5.74) is 6.78. The highest BCUT2D eigenvalue weighted by Crippen LogP contribution is 2.26. The van der Waals surface area contributed by atoms with E-state index in [1.165, 1.54) is 5.56 Å². The third kappa shape index (κ3) is 5.12. The van der Waals surface area contributed by atoms with Crippen molar-refractivity contribution in [3.05, 3.63) is 29.8 Å². The van der Waals surface area contributed by atoms with Gasteiger partial charge in [-0.3, -0.25) is 0 Å². The number of ether oxygens (including phenoxy) is 1. The average Bonchev–Trinajstić information content (AvgIpc) is 2.50. The monoisotopic (exact) mass is 277 g/mol. The average molecular weight is 277 g/mol. The molecule has 4 N–H and O–H groups in total. The molecule has 1 atom stereocenters. The molecule has 0 spiro atoms. The summed E-state index contributed by atoms with van der Waals surface area (Å²) in [5.74, 6) is 1.06. The molecular formula is C16H27N3O. The summed E-state index contributed by atoms with van der Waals surface area (Å²) in [6.45, 7) is 4.83. The predicted molar refractivity (Wildman–Crippen MR) is 83.2 cm³/mol. The van der Waals surface area contributed by atoms with E-state index in [9.17, 15) is 0 Å². The topological polar surface area (TPSA) is 59.3 Å². The minimum atomic E-state index is 0.315. The summed E-state index contributed by atoms with van der Waals surface area (Å²) in [4.78, 5) is 0. The smallest absolute Gasteiger partial charge is 0.122 e. The zero-order valence-corrected chi connectivity index (χ0v) is 12.2. The number of nitrogens with two attached hydrogens (primary N) is 1. The molecule has 1 aliphatic rings. The summed E-state index contributed by atoms with van der Waals surface area (Å²) < 4.78 is 6.00. The van der Waals surface area contributed by atoms with Gasteiger partial charge in [-0.1, -0.05) is 18.2 Å². The minimum Gasteiger partial charge on any atom is -0.489 e. The van der Waals surface area contributed by atoms with E-state index in [2.05, 4.69) is 28.8 Å². The van der Waals surface area contributed by atoms with Crippen molar-refractivity contribution in [3.8, 4) is 5.75 Å². The Labute approximate surface area is 122 Å². The van der Waals surface area contributed by atoms with Crippen LogP contribution in [0.2, 0.25) is 0 Å². The molecular weight excluding hydrogens is 250 g/mol. The zero-order chi connectivity index (χ0) is 14.0. The Hall–Kier alpha value is -1.10. The second kappa shape index (κ2) is 8.95. The Morgan fingerprint density at radius 1 is 1.10 bits per heavy atom. The SMILES string of the molecule is NCCCNCCCNCC1CCc2ccccc2O1. The molecule has 112 valence electrons. The molecule has 1 aromatic rings. The molecule has 20 heavy (non-hydrogen) atoms. The van der Waals surface area contributed by atoms with Crippen LogP contribution in [-0.4, -0.2) is 38.8 Å². The highest BCUT2D eigenvalue weighted by atomic mass is 16.5. The molecule has 4 heteroatoms. The molecule has 1 aliphatic heterocycles. The second-order valence-electron chi connectivity index (χ2n) is 5.34. The number of hydrogen-bond donors (Lipinski definition) is 3. The molecule has 0 bridgehead atoms. The maximum atomic E-state index is 6.00. The van der Waals surface area contributed by atoms with Crippen LogP contribution in [0.5, 0.6) is 5.75 Å². The lowest BCUT2D eigenvalue weighted by molar-refractivity contribution is 0.170. The lowest BCUT2D eigenvalue weighted by Crippen LogP contribution is -2.35. The Bertz CT molecular complexity index is 384. The summed E-state index contributed by atoms with van der Waals surface area (Å²) in [5, 5.41) is 6.87. The molecule has 2 rings (SSSR count). The van der Waals surface area contributed by atoms with Gasteiger partial charge in [-0.15, -0.1) is 0 Å². The van der Waals surface area contributed by atoms with E-state index in [0.717, 1.165) is 64.2 Å². The fraction of sp³-hybridized carbons (Fsp3) is 0.625. The van der Waals surface area contributed by atoms with Crippen LogP contribution in [0, 0.1) is 0 Å². The van der Waals surface area contributed by atoms with E-state index in [1.54, 1.807) is 0 Å². The number of rotatable bonds is 9. The van der Waals surface area contributed by atoms with Gasteiger partial charge in [-0.2, -0.15) is 0 Å². The van der Waals surface area contributed by atoms with E-state index >= 15 is 0 Å². The first-order valence-electron chi connectivity index (χ1n) is 7.76. The number of benzene rings is 1. The molecule has 0 saturated carbocycles. The van der Waals surface area contributed by atoms with Crippen molar-refractivity contribution < 1.29 is 4.74 Å². The third-order valence-corrected chi connectivity index (χ3v) is 3.64. The van der Waals surface area contributed by atoms with Gasteiger partial charge < -0.3 is 21.1 Å². The normalized spacial score (nSPS) is 17.6. The predicted octanol–water partition coefficient (Wildman–Crippen LogP) is 1.30. The van der Waals surface area contributed by atoms with Crippen LogP contribution in [0.3, 0.4) is 0 Å². The van der Waals surface area contributed by atoms with Crippen LogP contribution in [0.25, 0.3) is 0 Å². The minimum absolute atomic E-state index is 0.315. The highest BCUT2D eigenvalue weighted by Gasteiger charge is 2.18. The van der Waals surface area contributed by atoms with Gasteiger partial charge in [0, 0.05) is 6.54 Å². The molecule has 1 aromatic carbocycles. The first-order chi connectivity index (χ1) is 9.90. The summed E-state index contributed by atoms with van der Waals surface area (Å²) >= 11 is 0. The zero-order valence-electron chi connectivity index (χ0n) is 12.2. The van der Waals surface area contributed by atoms with Crippen LogP contribution >= 0.6 is 0 Å². The van der Waals surface area contributed by atoms with Gasteiger partial charge in [0.15, 0.2) is 0 Å². The van der Waals surface area contributed by atoms with Crippen LogP contribution in [-0.2, 0) is 6.42 Å². The molecule has 1 heterocycles. The number of hydrogen-bond acceptors (Lipinski definition) is 4. The molecule has 1 unspecified atom stereocenters. The van der Waals surface area contributed by atoms with E-state index in [4.69, 9.17) is 10.5 Å². The summed E-state index contributed by atoms with van der Waals surface area (Å²) in [6, 6.07) is 8.36. The Morgan fingerprint density at radius 3 is 2.80 bits per heavy atom. The van der Waals surface area contributed by atoms with Gasteiger partial charge in [-0.05, 0) is 63.5 Å². The third-order valence-electron chi connectivity index (χ3n) is 3.64. The highest BCUT2D eigenvalue weighted by molar-refractivity contribution is 5.35. The van der Waals surface area contributed by atoms with Crippen molar-refractivity contribution in [2.45, 2.75) is 31.8 Å². The van der Waals surface area contributed by atoms with Crippen molar-refractivity contribution in [2.24, 2.45) is 5.73 Å². The van der Waals surface area contributed by atoms with Gasteiger partial charge in [0.25, 0.3) is 0 Å². The van der Waals surface area contributed by atoms with Crippen molar-refractivity contribution in [3.63, 3.8) is 0 Å². The molecule has 0 aliphatic carbocycles. The Morgan fingerprint density at radius 2 is 1.90 bits per heavy atom. The van der Waals surface area contributed by atoms with Crippen LogP contribution in [0.1, 0.15) is 24.8 Å². The fourth-order valence-electron chi connectivity index (χ4n) is 2.48.